The van der Waals surface area contributed by atoms with Crippen LogP contribution in [0.1, 0.15) is 31.9 Å². The minimum Gasteiger partial charge on any atom is -0.478 e. The van der Waals surface area contributed by atoms with Gasteiger partial charge < -0.3 is 9.84 Å². The molecule has 2 aromatic carbocycles. The molecule has 1 N–H and O–H groups in total. The molecule has 2 aromatic rings. The minimum absolute atomic E-state index is 0.144. The number of hydrogen-bond acceptors (Lipinski definition) is 3. The summed E-state index contributed by atoms with van der Waals surface area (Å²) in [7, 11) is 0. The molecule has 132 valence electrons. The van der Waals surface area contributed by atoms with E-state index in [0.29, 0.717) is 19.4 Å². The van der Waals surface area contributed by atoms with Crippen LogP contribution >= 0.6 is 0 Å². The van der Waals surface area contributed by atoms with Crippen LogP contribution in [0.25, 0.3) is 0 Å². The summed E-state index contributed by atoms with van der Waals surface area (Å²) in [5.74, 6) is 0.733. The van der Waals surface area contributed by atoms with Crippen molar-refractivity contribution < 1.29 is 9.84 Å². The van der Waals surface area contributed by atoms with Gasteiger partial charge in [-0.25, -0.2) is 4.99 Å². The van der Waals surface area contributed by atoms with Crippen molar-refractivity contribution in [2.75, 3.05) is 6.61 Å². The lowest BCUT2D eigenvalue weighted by atomic mass is 9.82. The Balaban J connectivity index is 1.90. The van der Waals surface area contributed by atoms with E-state index in [9.17, 15) is 5.11 Å². The molecule has 3 rings (SSSR count). The summed E-state index contributed by atoms with van der Waals surface area (Å²) < 4.78 is 5.84. The van der Waals surface area contributed by atoms with Crippen LogP contribution in [-0.4, -0.2) is 29.3 Å². The van der Waals surface area contributed by atoms with Gasteiger partial charge in [-0.15, -0.1) is 0 Å². The van der Waals surface area contributed by atoms with Crippen LogP contribution in [0.2, 0.25) is 0 Å². The van der Waals surface area contributed by atoms with Gasteiger partial charge in [0.15, 0.2) is 5.90 Å². The Morgan fingerprint density at radius 1 is 0.920 bits per heavy atom. The van der Waals surface area contributed by atoms with E-state index in [0.717, 1.165) is 17.0 Å². The first kappa shape index (κ1) is 17.7. The molecular formula is C22H27NO2. The van der Waals surface area contributed by atoms with Gasteiger partial charge in [0.05, 0.1) is 5.60 Å². The van der Waals surface area contributed by atoms with Gasteiger partial charge in [0.2, 0.25) is 0 Å². The van der Waals surface area contributed by atoms with Gasteiger partial charge in [-0.3, -0.25) is 0 Å². The summed E-state index contributed by atoms with van der Waals surface area (Å²) in [6.07, 6.45) is 1.11. The molecular weight excluding hydrogens is 310 g/mol. The zero-order valence-corrected chi connectivity index (χ0v) is 15.3. The van der Waals surface area contributed by atoms with Gasteiger partial charge in [-0.05, 0) is 11.1 Å². The van der Waals surface area contributed by atoms with Gasteiger partial charge in [0.25, 0.3) is 0 Å². The van der Waals surface area contributed by atoms with E-state index in [1.54, 1.807) is 0 Å². The molecule has 0 spiro atoms. The summed E-state index contributed by atoms with van der Waals surface area (Å²) >= 11 is 0. The molecule has 0 amide bonds. The third-order valence-corrected chi connectivity index (χ3v) is 4.62. The fraction of sp³-hybridized carbons (Fsp3) is 0.409. The van der Waals surface area contributed by atoms with Crippen LogP contribution in [-0.2, 0) is 17.6 Å². The van der Waals surface area contributed by atoms with Crippen LogP contribution in [0.5, 0.6) is 0 Å². The fourth-order valence-electron chi connectivity index (χ4n) is 3.26. The standard InChI is InChI=1S/C22H27NO2/c1-21(2,3)20-23-19(16-25-20)22(24,14-17-10-6-4-7-11-17)15-18-12-8-5-9-13-18/h4-13,19,24H,14-16H2,1-3H3/t19-/m0/s1. The van der Waals surface area contributed by atoms with Gasteiger partial charge in [-0.1, -0.05) is 81.4 Å². The maximum Gasteiger partial charge on any atom is 0.189 e. The van der Waals surface area contributed by atoms with E-state index in [2.05, 4.69) is 45.0 Å². The molecule has 1 atom stereocenters. The van der Waals surface area contributed by atoms with Crippen LogP contribution in [0.15, 0.2) is 65.7 Å². The van der Waals surface area contributed by atoms with Crippen molar-refractivity contribution >= 4 is 5.90 Å². The molecule has 0 saturated carbocycles. The summed E-state index contributed by atoms with van der Waals surface area (Å²) in [6.45, 7) is 6.69. The molecule has 0 aliphatic carbocycles. The third kappa shape index (κ3) is 4.29. The molecule has 3 heteroatoms. The number of aliphatic hydroxyl groups is 1. The minimum atomic E-state index is -0.976. The normalized spacial score (nSPS) is 17.9. The number of nitrogens with zero attached hydrogens (tertiary/aromatic N) is 1. The van der Waals surface area contributed by atoms with E-state index < -0.39 is 5.60 Å². The Morgan fingerprint density at radius 3 is 1.80 bits per heavy atom. The first-order chi connectivity index (χ1) is 11.9. The molecule has 0 radical (unpaired) electrons. The van der Waals surface area contributed by atoms with Crippen molar-refractivity contribution in [1.29, 1.82) is 0 Å². The maximum absolute atomic E-state index is 11.6. The van der Waals surface area contributed by atoms with E-state index in [4.69, 9.17) is 9.73 Å². The van der Waals surface area contributed by atoms with E-state index in [1.165, 1.54) is 0 Å². The van der Waals surface area contributed by atoms with Gasteiger partial charge in [0.1, 0.15) is 12.6 Å². The summed E-state index contributed by atoms with van der Waals surface area (Å²) in [6, 6.07) is 20.0. The van der Waals surface area contributed by atoms with Crippen molar-refractivity contribution in [3.8, 4) is 0 Å². The number of ether oxygens (including phenoxy) is 1. The third-order valence-electron chi connectivity index (χ3n) is 4.62. The van der Waals surface area contributed by atoms with E-state index in [-0.39, 0.29) is 11.5 Å². The topological polar surface area (TPSA) is 41.8 Å². The Kier molecular flexibility index (Phi) is 4.96. The lowest BCUT2D eigenvalue weighted by Gasteiger charge is -2.32. The van der Waals surface area contributed by atoms with Gasteiger partial charge in [-0.2, -0.15) is 0 Å². The molecule has 0 saturated heterocycles. The van der Waals surface area contributed by atoms with Crippen LogP contribution in [0, 0.1) is 5.41 Å². The number of benzene rings is 2. The highest BCUT2D eigenvalue weighted by atomic mass is 16.5. The monoisotopic (exact) mass is 337 g/mol. The largest absolute Gasteiger partial charge is 0.478 e. The van der Waals surface area contributed by atoms with Crippen molar-refractivity contribution in [2.45, 2.75) is 45.3 Å². The molecule has 0 bridgehead atoms. The molecule has 0 fully saturated rings. The zero-order chi connectivity index (χ0) is 17.9. The zero-order valence-electron chi connectivity index (χ0n) is 15.3. The van der Waals surface area contributed by atoms with Gasteiger partial charge in [0, 0.05) is 18.3 Å². The van der Waals surface area contributed by atoms with Crippen LogP contribution < -0.4 is 0 Å². The molecule has 1 heterocycles. The number of rotatable bonds is 5. The first-order valence-corrected chi connectivity index (χ1v) is 8.88. The van der Waals surface area contributed by atoms with Crippen molar-refractivity contribution in [1.82, 2.24) is 0 Å². The second-order valence-electron chi connectivity index (χ2n) is 7.94. The summed E-state index contributed by atoms with van der Waals surface area (Å²) in [5.41, 5.74) is 1.10. The van der Waals surface area contributed by atoms with Crippen molar-refractivity contribution in [3.05, 3.63) is 71.8 Å². The number of hydrogen-bond donors (Lipinski definition) is 1. The molecule has 1 aliphatic rings. The maximum atomic E-state index is 11.6. The van der Waals surface area contributed by atoms with Gasteiger partial charge >= 0.3 is 0 Å². The average molecular weight is 337 g/mol. The molecule has 1 aliphatic heterocycles. The second-order valence-corrected chi connectivity index (χ2v) is 7.94. The Bertz CT molecular complexity index is 675. The predicted octanol–water partition coefficient (Wildman–Crippen LogP) is 4.05. The van der Waals surface area contributed by atoms with E-state index >= 15 is 0 Å². The molecule has 3 nitrogen and oxygen atoms in total. The SMILES string of the molecule is CC(C)(C)C1=N[C@H](C(O)(Cc2ccccc2)Cc2ccccc2)CO1. The van der Waals surface area contributed by atoms with Crippen LogP contribution in [0.3, 0.4) is 0 Å². The highest BCUT2D eigenvalue weighted by molar-refractivity contribution is 5.83. The Hall–Kier alpha value is -2.13. The van der Waals surface area contributed by atoms with Crippen molar-refractivity contribution in [2.24, 2.45) is 10.4 Å². The fourth-order valence-corrected chi connectivity index (χ4v) is 3.26. The average Bonchev–Trinajstić information content (AvgIpc) is 3.08. The van der Waals surface area contributed by atoms with Crippen molar-refractivity contribution in [3.63, 3.8) is 0 Å². The number of aliphatic imine (C=N–C) groups is 1. The lowest BCUT2D eigenvalue weighted by molar-refractivity contribution is 0.00778. The second kappa shape index (κ2) is 7.01. The molecule has 0 aromatic heterocycles. The smallest absolute Gasteiger partial charge is 0.189 e. The Morgan fingerprint density at radius 2 is 1.40 bits per heavy atom. The molecule has 25 heavy (non-hydrogen) atoms. The quantitative estimate of drug-likeness (QED) is 0.894. The highest BCUT2D eigenvalue weighted by Crippen LogP contribution is 2.31. The predicted molar refractivity (Wildman–Crippen MR) is 102 cm³/mol. The Labute approximate surface area is 150 Å². The summed E-state index contributed by atoms with van der Waals surface area (Å²) in [5, 5.41) is 11.6. The van der Waals surface area contributed by atoms with Crippen LogP contribution in [0.4, 0.5) is 0 Å². The highest BCUT2D eigenvalue weighted by Gasteiger charge is 2.42. The summed E-state index contributed by atoms with van der Waals surface area (Å²) in [4.78, 5) is 4.77. The first-order valence-electron chi connectivity index (χ1n) is 8.88. The lowest BCUT2D eigenvalue weighted by Crippen LogP contribution is -2.46. The molecule has 0 unspecified atom stereocenters. The van der Waals surface area contributed by atoms with E-state index in [1.807, 2.05) is 36.4 Å².